The Morgan fingerprint density at radius 3 is 1.90 bits per heavy atom. The molecule has 0 bridgehead atoms. The third kappa shape index (κ3) is 4.33. The molecular formula is C24H24N2O4S. The highest BCUT2D eigenvalue weighted by molar-refractivity contribution is 7.89. The molecule has 0 aliphatic carbocycles. The second kappa shape index (κ2) is 8.91. The molecule has 0 saturated carbocycles. The van der Waals surface area contributed by atoms with Gasteiger partial charge in [-0.25, -0.2) is 8.42 Å². The molecule has 4 rings (SSSR count). The molecule has 1 heterocycles. The van der Waals surface area contributed by atoms with Gasteiger partial charge in [0.05, 0.1) is 10.3 Å². The van der Waals surface area contributed by atoms with Crippen LogP contribution >= 0.6 is 0 Å². The number of piperidine rings is 1. The molecule has 0 aromatic heterocycles. The summed E-state index contributed by atoms with van der Waals surface area (Å²) in [6.07, 6.45) is 0.708. The minimum absolute atomic E-state index is 0.241. The van der Waals surface area contributed by atoms with Crippen LogP contribution in [0.25, 0.3) is 0 Å². The van der Waals surface area contributed by atoms with Gasteiger partial charge in [-0.05, 0) is 42.7 Å². The number of rotatable bonds is 6. The van der Waals surface area contributed by atoms with Crippen LogP contribution in [0.15, 0.2) is 95.9 Å². The Morgan fingerprint density at radius 1 is 0.806 bits per heavy atom. The Labute approximate surface area is 182 Å². The van der Waals surface area contributed by atoms with Gasteiger partial charge in [0, 0.05) is 13.1 Å². The number of nitrogens with zero attached hydrogens (tertiary/aromatic N) is 1. The molecule has 0 atom stereocenters. The minimum Gasteiger partial charge on any atom is -0.380 e. The van der Waals surface area contributed by atoms with E-state index in [0.717, 1.165) is 5.56 Å². The standard InChI is InChI=1S/C24H24N2O4S/c27-23(25-30-21-12-6-2-7-13-21)24(20-10-4-1-5-11-20)16-18-26(19-17-24)31(28,29)22-14-8-3-9-15-22/h1-15H,16-19H2,(H,25,27). The van der Waals surface area contributed by atoms with E-state index in [4.69, 9.17) is 4.84 Å². The maximum Gasteiger partial charge on any atom is 0.263 e. The SMILES string of the molecule is O=C(NOc1ccccc1)C1(c2ccccc2)CCN(S(=O)(=O)c2ccccc2)CC1. The van der Waals surface area contributed by atoms with Gasteiger partial charge in [-0.2, -0.15) is 9.79 Å². The quantitative estimate of drug-likeness (QED) is 0.600. The summed E-state index contributed by atoms with van der Waals surface area (Å²) in [7, 11) is -3.60. The Hall–Kier alpha value is -3.16. The molecule has 1 N–H and O–H groups in total. The van der Waals surface area contributed by atoms with E-state index in [1.165, 1.54) is 4.31 Å². The molecule has 31 heavy (non-hydrogen) atoms. The Balaban J connectivity index is 1.56. The summed E-state index contributed by atoms with van der Waals surface area (Å²) < 4.78 is 27.5. The maximum atomic E-state index is 13.3. The van der Waals surface area contributed by atoms with Crippen molar-refractivity contribution in [2.45, 2.75) is 23.2 Å². The van der Waals surface area contributed by atoms with Crippen molar-refractivity contribution in [2.24, 2.45) is 0 Å². The van der Waals surface area contributed by atoms with Crippen LogP contribution in [0.3, 0.4) is 0 Å². The molecule has 0 unspecified atom stereocenters. The first kappa shape index (κ1) is 21.1. The molecule has 0 radical (unpaired) electrons. The Kier molecular flexibility index (Phi) is 6.06. The highest BCUT2D eigenvalue weighted by atomic mass is 32.2. The number of benzene rings is 3. The fraction of sp³-hybridized carbons (Fsp3) is 0.208. The van der Waals surface area contributed by atoms with Crippen LogP contribution in [0.2, 0.25) is 0 Å². The molecule has 3 aromatic rings. The van der Waals surface area contributed by atoms with Crippen molar-refractivity contribution in [3.05, 3.63) is 96.6 Å². The van der Waals surface area contributed by atoms with Gasteiger partial charge in [0.2, 0.25) is 10.0 Å². The van der Waals surface area contributed by atoms with E-state index >= 15 is 0 Å². The van der Waals surface area contributed by atoms with Crippen molar-refractivity contribution in [1.29, 1.82) is 0 Å². The van der Waals surface area contributed by atoms with Crippen LogP contribution in [-0.2, 0) is 20.2 Å². The first-order valence-electron chi connectivity index (χ1n) is 10.2. The van der Waals surface area contributed by atoms with Crippen LogP contribution in [-0.4, -0.2) is 31.7 Å². The zero-order valence-electron chi connectivity index (χ0n) is 17.0. The average molecular weight is 437 g/mol. The molecule has 7 heteroatoms. The summed E-state index contributed by atoms with van der Waals surface area (Å²) in [4.78, 5) is 19.1. The number of hydroxylamine groups is 1. The molecule has 1 aliphatic heterocycles. The van der Waals surface area contributed by atoms with Crippen LogP contribution < -0.4 is 10.3 Å². The number of amides is 1. The summed E-state index contributed by atoms with van der Waals surface area (Å²) in [5.41, 5.74) is 2.56. The van der Waals surface area contributed by atoms with Gasteiger partial charge in [0.15, 0.2) is 5.75 Å². The topological polar surface area (TPSA) is 75.7 Å². The minimum atomic E-state index is -3.60. The van der Waals surface area contributed by atoms with E-state index in [1.807, 2.05) is 48.5 Å². The zero-order valence-corrected chi connectivity index (χ0v) is 17.8. The van der Waals surface area contributed by atoms with Crippen molar-refractivity contribution < 1.29 is 18.0 Å². The van der Waals surface area contributed by atoms with Crippen molar-refractivity contribution in [1.82, 2.24) is 9.79 Å². The van der Waals surface area contributed by atoms with E-state index in [0.29, 0.717) is 18.6 Å². The maximum absolute atomic E-state index is 13.3. The second-order valence-electron chi connectivity index (χ2n) is 7.51. The molecule has 1 saturated heterocycles. The van der Waals surface area contributed by atoms with E-state index in [2.05, 4.69) is 5.48 Å². The molecule has 1 amide bonds. The first-order chi connectivity index (χ1) is 15.0. The number of para-hydroxylation sites is 1. The predicted octanol–water partition coefficient (Wildman–Crippen LogP) is 3.52. The van der Waals surface area contributed by atoms with Gasteiger partial charge in [-0.3, -0.25) is 4.79 Å². The van der Waals surface area contributed by atoms with Crippen molar-refractivity contribution >= 4 is 15.9 Å². The van der Waals surface area contributed by atoms with Gasteiger partial charge in [0.1, 0.15) is 0 Å². The zero-order chi connectivity index (χ0) is 21.7. The smallest absolute Gasteiger partial charge is 0.263 e. The lowest BCUT2D eigenvalue weighted by molar-refractivity contribution is -0.135. The van der Waals surface area contributed by atoms with Gasteiger partial charge >= 0.3 is 0 Å². The van der Waals surface area contributed by atoms with Crippen LogP contribution in [0.5, 0.6) is 5.75 Å². The normalized spacial score (nSPS) is 16.4. The second-order valence-corrected chi connectivity index (χ2v) is 9.45. The molecule has 0 spiro atoms. The van der Waals surface area contributed by atoms with E-state index in [9.17, 15) is 13.2 Å². The third-order valence-electron chi connectivity index (χ3n) is 5.72. The van der Waals surface area contributed by atoms with Crippen molar-refractivity contribution in [3.63, 3.8) is 0 Å². The monoisotopic (exact) mass is 436 g/mol. The Morgan fingerprint density at radius 2 is 1.32 bits per heavy atom. The van der Waals surface area contributed by atoms with Gasteiger partial charge in [-0.15, -0.1) is 0 Å². The van der Waals surface area contributed by atoms with Gasteiger partial charge in [0.25, 0.3) is 5.91 Å². The van der Waals surface area contributed by atoms with Crippen LogP contribution in [0, 0.1) is 0 Å². The molecule has 1 fully saturated rings. The van der Waals surface area contributed by atoms with E-state index in [-0.39, 0.29) is 23.9 Å². The lowest BCUT2D eigenvalue weighted by Gasteiger charge is -2.40. The lowest BCUT2D eigenvalue weighted by atomic mass is 9.72. The number of carbonyl (C=O) groups excluding carboxylic acids is 1. The van der Waals surface area contributed by atoms with E-state index < -0.39 is 15.4 Å². The third-order valence-corrected chi connectivity index (χ3v) is 7.64. The summed E-state index contributed by atoms with van der Waals surface area (Å²) in [6, 6.07) is 26.9. The van der Waals surface area contributed by atoms with Crippen molar-refractivity contribution in [2.75, 3.05) is 13.1 Å². The number of nitrogens with one attached hydrogen (secondary N) is 1. The number of hydrogen-bond acceptors (Lipinski definition) is 4. The summed E-state index contributed by atoms with van der Waals surface area (Å²) in [5, 5.41) is 0. The number of sulfonamides is 1. The fourth-order valence-corrected chi connectivity index (χ4v) is 5.41. The van der Waals surface area contributed by atoms with Gasteiger partial charge < -0.3 is 4.84 Å². The number of carbonyl (C=O) groups is 1. The van der Waals surface area contributed by atoms with Crippen LogP contribution in [0.4, 0.5) is 0 Å². The summed E-state index contributed by atoms with van der Waals surface area (Å²) in [5.74, 6) is 0.252. The fourth-order valence-electron chi connectivity index (χ4n) is 3.95. The van der Waals surface area contributed by atoms with E-state index in [1.54, 1.807) is 42.5 Å². The van der Waals surface area contributed by atoms with Crippen molar-refractivity contribution in [3.8, 4) is 5.75 Å². The lowest BCUT2D eigenvalue weighted by Crippen LogP contribution is -2.53. The highest BCUT2D eigenvalue weighted by Gasteiger charge is 2.45. The van der Waals surface area contributed by atoms with Crippen LogP contribution in [0.1, 0.15) is 18.4 Å². The molecule has 1 aliphatic rings. The highest BCUT2D eigenvalue weighted by Crippen LogP contribution is 2.37. The molecule has 3 aromatic carbocycles. The first-order valence-corrected chi connectivity index (χ1v) is 11.6. The largest absolute Gasteiger partial charge is 0.380 e. The Bertz CT molecular complexity index is 1110. The molecule has 6 nitrogen and oxygen atoms in total. The van der Waals surface area contributed by atoms with Gasteiger partial charge in [-0.1, -0.05) is 66.7 Å². The predicted molar refractivity (Wildman–Crippen MR) is 118 cm³/mol. The molecular weight excluding hydrogens is 412 g/mol. The number of hydrogen-bond donors (Lipinski definition) is 1. The summed E-state index contributed by atoms with van der Waals surface area (Å²) in [6.45, 7) is 0.482. The summed E-state index contributed by atoms with van der Waals surface area (Å²) >= 11 is 0. The molecule has 160 valence electrons. The average Bonchev–Trinajstić information content (AvgIpc) is 2.84.